The Morgan fingerprint density at radius 3 is 2.28 bits per heavy atom. The van der Waals surface area contributed by atoms with Crippen LogP contribution in [0.1, 0.15) is 113 Å². The summed E-state index contributed by atoms with van der Waals surface area (Å²) < 4.78 is 29.8. The molecule has 252 valence electrons. The number of allylic oxidation sites excluding steroid dienone is 2. The molecular weight excluding hydrogens is 610 g/mol. The Labute approximate surface area is 286 Å². The predicted molar refractivity (Wildman–Crippen MR) is 192 cm³/mol. The summed E-state index contributed by atoms with van der Waals surface area (Å²) in [6, 6.07) is 22.0. The van der Waals surface area contributed by atoms with Crippen molar-refractivity contribution in [1.29, 1.82) is 10.7 Å². The van der Waals surface area contributed by atoms with Gasteiger partial charge in [-0.3, -0.25) is 4.90 Å². The molecule has 3 N–H and O–H groups in total. The molecule has 0 spiro atoms. The second-order valence-electron chi connectivity index (χ2n) is 13.0. The maximum absolute atomic E-state index is 15.6. The molecule has 3 aromatic rings. The van der Waals surface area contributed by atoms with Crippen LogP contribution in [0.15, 0.2) is 78.5 Å². The molecular formula is C40H51ClF2N4. The van der Waals surface area contributed by atoms with Crippen LogP contribution < -0.4 is 5.73 Å². The van der Waals surface area contributed by atoms with Crippen LogP contribution in [0, 0.1) is 34.4 Å². The number of alkyl halides is 1. The van der Waals surface area contributed by atoms with Gasteiger partial charge in [0.05, 0.1) is 17.7 Å². The van der Waals surface area contributed by atoms with Gasteiger partial charge in [0.25, 0.3) is 0 Å². The van der Waals surface area contributed by atoms with Crippen molar-refractivity contribution in [3.05, 3.63) is 117 Å². The Balaban J connectivity index is 0.000000527. The standard InChI is InChI=1S/C31H30ClF2N3.C7H15N.C2H6/c1-31(2,34)28(24-12-19(16-35)13-27(33)15-24)25-17-37(18-25)30(21-8-10-26(32)11-9-21)23-5-3-4-22(14-23)29(36)20-6-7-20;1-3-4-5-6-7(2)8;1-2/h3-5,8-15,20,25,28,30,36H,6-7,17-18H2,1-2H3;6H,3-5,8H2,1-2H3;1-2H3/b;7-6+;. The minimum Gasteiger partial charge on any atom is -0.403 e. The Kier molecular flexibility index (Phi) is 14.2. The van der Waals surface area contributed by atoms with Gasteiger partial charge in [-0.05, 0) is 105 Å². The van der Waals surface area contributed by atoms with Gasteiger partial charge in [0.2, 0.25) is 0 Å². The molecule has 0 aromatic heterocycles. The lowest BCUT2D eigenvalue weighted by molar-refractivity contribution is 0.00812. The van der Waals surface area contributed by atoms with Crippen molar-refractivity contribution in [1.82, 2.24) is 4.90 Å². The summed E-state index contributed by atoms with van der Waals surface area (Å²) >= 11 is 6.18. The van der Waals surface area contributed by atoms with E-state index in [4.69, 9.17) is 22.7 Å². The average molecular weight is 661 g/mol. The molecule has 1 heterocycles. The van der Waals surface area contributed by atoms with Gasteiger partial charge in [0.1, 0.15) is 11.5 Å². The number of halogens is 3. The summed E-state index contributed by atoms with van der Waals surface area (Å²) in [6.07, 6.45) is 7.87. The molecule has 4 nitrogen and oxygen atoms in total. The summed E-state index contributed by atoms with van der Waals surface area (Å²) in [6.45, 7) is 12.4. The molecule has 7 heteroatoms. The smallest absolute Gasteiger partial charge is 0.124 e. The molecule has 2 fully saturated rings. The molecule has 1 saturated carbocycles. The van der Waals surface area contributed by atoms with Crippen LogP contribution in [0.25, 0.3) is 0 Å². The van der Waals surface area contributed by atoms with E-state index in [1.165, 1.54) is 38.8 Å². The van der Waals surface area contributed by atoms with Gasteiger partial charge in [-0.1, -0.05) is 81.6 Å². The topological polar surface area (TPSA) is 76.9 Å². The highest BCUT2D eigenvalue weighted by Gasteiger charge is 2.45. The Morgan fingerprint density at radius 1 is 1.06 bits per heavy atom. The molecule has 0 amide bonds. The van der Waals surface area contributed by atoms with E-state index in [9.17, 15) is 9.65 Å². The van der Waals surface area contributed by atoms with Gasteiger partial charge in [-0.25, -0.2) is 8.78 Å². The summed E-state index contributed by atoms with van der Waals surface area (Å²) in [5.74, 6) is -0.758. The quantitative estimate of drug-likeness (QED) is 0.159. The maximum atomic E-state index is 15.6. The minimum atomic E-state index is -1.59. The molecule has 3 aromatic carbocycles. The number of hydrogen-bond acceptors (Lipinski definition) is 4. The lowest BCUT2D eigenvalue weighted by Gasteiger charge is -2.50. The molecule has 2 aliphatic rings. The van der Waals surface area contributed by atoms with Gasteiger partial charge < -0.3 is 11.1 Å². The number of nitrogens with zero attached hydrogens (tertiary/aromatic N) is 2. The van der Waals surface area contributed by atoms with E-state index in [-0.39, 0.29) is 17.5 Å². The van der Waals surface area contributed by atoms with Crippen LogP contribution in [0.5, 0.6) is 0 Å². The zero-order chi connectivity index (χ0) is 34.7. The molecule has 5 rings (SSSR count). The third kappa shape index (κ3) is 10.7. The van der Waals surface area contributed by atoms with Crippen molar-refractivity contribution in [2.24, 2.45) is 17.6 Å². The Hall–Kier alpha value is -3.53. The molecule has 1 aliphatic carbocycles. The van der Waals surface area contributed by atoms with Crippen LogP contribution in [0.2, 0.25) is 5.02 Å². The zero-order valence-electron chi connectivity index (χ0n) is 28.8. The van der Waals surface area contributed by atoms with E-state index in [0.717, 1.165) is 41.6 Å². The van der Waals surface area contributed by atoms with Crippen LogP contribution in [0.3, 0.4) is 0 Å². The first-order valence-electron chi connectivity index (χ1n) is 16.9. The monoisotopic (exact) mass is 660 g/mol. The van der Waals surface area contributed by atoms with Crippen LogP contribution in [0.4, 0.5) is 8.78 Å². The van der Waals surface area contributed by atoms with Gasteiger partial charge in [-0.15, -0.1) is 0 Å². The molecule has 0 radical (unpaired) electrons. The van der Waals surface area contributed by atoms with Gasteiger partial charge in [0, 0.05) is 41.4 Å². The zero-order valence-corrected chi connectivity index (χ0v) is 29.5. The van der Waals surface area contributed by atoms with Crippen molar-refractivity contribution in [2.75, 3.05) is 13.1 Å². The van der Waals surface area contributed by atoms with Crippen molar-refractivity contribution < 1.29 is 8.78 Å². The van der Waals surface area contributed by atoms with E-state index in [0.29, 0.717) is 35.3 Å². The molecule has 2 unspecified atom stereocenters. The predicted octanol–water partition coefficient (Wildman–Crippen LogP) is 10.7. The minimum absolute atomic E-state index is 0.0453. The lowest BCUT2D eigenvalue weighted by atomic mass is 9.72. The number of hydrogen-bond donors (Lipinski definition) is 2. The van der Waals surface area contributed by atoms with Gasteiger partial charge in [0.15, 0.2) is 0 Å². The number of nitrogens with two attached hydrogens (primary N) is 1. The molecule has 1 aliphatic heterocycles. The van der Waals surface area contributed by atoms with Gasteiger partial charge in [-0.2, -0.15) is 5.26 Å². The second-order valence-corrected chi connectivity index (χ2v) is 13.4. The molecule has 47 heavy (non-hydrogen) atoms. The van der Waals surface area contributed by atoms with Gasteiger partial charge >= 0.3 is 0 Å². The summed E-state index contributed by atoms with van der Waals surface area (Å²) in [7, 11) is 0. The summed E-state index contributed by atoms with van der Waals surface area (Å²) in [5, 5.41) is 18.5. The van der Waals surface area contributed by atoms with Crippen LogP contribution >= 0.6 is 11.6 Å². The first-order valence-corrected chi connectivity index (χ1v) is 17.3. The SMILES string of the molecule is CC.CC(C)(F)C(c1cc(F)cc(C#N)c1)C1CN(C(c2ccc(Cl)cc2)c2cccc(C(=N)C3CC3)c2)C1.CCCC/C=C(\C)N. The fourth-order valence-electron chi connectivity index (χ4n) is 6.33. The van der Waals surface area contributed by atoms with E-state index in [2.05, 4.69) is 30.0 Å². The average Bonchev–Trinajstić information content (AvgIpc) is 3.87. The molecule has 1 saturated heterocycles. The second kappa shape index (κ2) is 17.6. The normalized spacial score (nSPS) is 16.4. The highest BCUT2D eigenvalue weighted by atomic mass is 35.5. The van der Waals surface area contributed by atoms with Crippen molar-refractivity contribution >= 4 is 17.3 Å². The van der Waals surface area contributed by atoms with Crippen molar-refractivity contribution in [2.45, 2.75) is 91.3 Å². The Morgan fingerprint density at radius 2 is 1.72 bits per heavy atom. The maximum Gasteiger partial charge on any atom is 0.124 e. The van der Waals surface area contributed by atoms with Crippen LogP contribution in [-0.4, -0.2) is 29.4 Å². The van der Waals surface area contributed by atoms with E-state index in [1.54, 1.807) is 6.07 Å². The van der Waals surface area contributed by atoms with E-state index < -0.39 is 17.4 Å². The summed E-state index contributed by atoms with van der Waals surface area (Å²) in [5.41, 5.74) is 9.27. The number of unbranched alkanes of at least 4 members (excludes halogenated alkanes) is 2. The third-order valence-electron chi connectivity index (χ3n) is 8.63. The fraction of sp³-hybridized carbons (Fsp3) is 0.450. The molecule has 2 atom stereocenters. The van der Waals surface area contributed by atoms with E-state index >= 15 is 4.39 Å². The van der Waals surface area contributed by atoms with E-state index in [1.807, 2.05) is 63.2 Å². The Bertz CT molecular complexity index is 1520. The fourth-order valence-corrected chi connectivity index (χ4v) is 6.46. The number of nitriles is 1. The van der Waals surface area contributed by atoms with Crippen LogP contribution in [-0.2, 0) is 0 Å². The third-order valence-corrected chi connectivity index (χ3v) is 8.88. The highest BCUT2D eigenvalue weighted by Crippen LogP contribution is 2.46. The molecule has 0 bridgehead atoms. The largest absolute Gasteiger partial charge is 0.403 e. The first kappa shape index (κ1) is 37.9. The lowest BCUT2D eigenvalue weighted by Crippen LogP contribution is -2.53. The summed E-state index contributed by atoms with van der Waals surface area (Å²) in [4.78, 5) is 2.30. The highest BCUT2D eigenvalue weighted by molar-refractivity contribution is 6.30. The van der Waals surface area contributed by atoms with Crippen molar-refractivity contribution in [3.63, 3.8) is 0 Å². The number of likely N-dealkylation sites (tertiary alicyclic amines) is 1. The van der Waals surface area contributed by atoms with Crippen molar-refractivity contribution in [3.8, 4) is 6.07 Å². The number of nitrogens with one attached hydrogen (secondary N) is 1. The number of benzene rings is 3. The number of rotatable bonds is 11. The first-order chi connectivity index (χ1) is 22.4.